The first kappa shape index (κ1) is 15.1. The van der Waals surface area contributed by atoms with Crippen LogP contribution in [0.25, 0.3) is 0 Å². The number of rotatable bonds is 5. The minimum absolute atomic E-state index is 0.103. The van der Waals surface area contributed by atoms with Crippen molar-refractivity contribution >= 4 is 21.9 Å². The van der Waals surface area contributed by atoms with Crippen molar-refractivity contribution in [2.24, 2.45) is 0 Å². The quantitative estimate of drug-likeness (QED) is 0.693. The average Bonchev–Trinajstić information content (AvgIpc) is 2.37. The smallest absolute Gasteiger partial charge is 0.321 e. The molecule has 0 saturated carbocycles. The van der Waals surface area contributed by atoms with Crippen LogP contribution in [0.1, 0.15) is 17.3 Å². The zero-order valence-corrected chi connectivity index (χ0v) is 11.2. The summed E-state index contributed by atoms with van der Waals surface area (Å²) in [6.45, 7) is 1.22. The van der Waals surface area contributed by atoms with Crippen LogP contribution in [-0.4, -0.2) is 38.5 Å². The minimum atomic E-state index is -3.92. The highest BCUT2D eigenvalue weighted by Gasteiger charge is 2.21. The predicted molar refractivity (Wildman–Crippen MR) is 67.3 cm³/mol. The van der Waals surface area contributed by atoms with Crippen molar-refractivity contribution in [3.63, 3.8) is 0 Å². The lowest BCUT2D eigenvalue weighted by Gasteiger charge is -2.10. The van der Waals surface area contributed by atoms with Gasteiger partial charge in [-0.25, -0.2) is 8.42 Å². The molecule has 19 heavy (non-hydrogen) atoms. The van der Waals surface area contributed by atoms with E-state index in [2.05, 4.69) is 5.32 Å². The van der Waals surface area contributed by atoms with Gasteiger partial charge in [0.05, 0.1) is 4.90 Å². The van der Waals surface area contributed by atoms with Crippen molar-refractivity contribution in [2.75, 3.05) is 7.05 Å². The number of nitrogens with one attached hydrogen (secondary N) is 2. The molecule has 7 nitrogen and oxygen atoms in total. The second kappa shape index (κ2) is 5.81. The highest BCUT2D eigenvalue weighted by atomic mass is 32.2. The maximum Gasteiger partial charge on any atom is 0.321 e. The molecule has 0 unspecified atom stereocenters. The SMILES string of the molecule is CNC(=O)c1ccc(S(=O)(=O)N[C@H](C)C(=O)O)cc1. The molecule has 0 spiro atoms. The van der Waals surface area contributed by atoms with Crippen LogP contribution >= 0.6 is 0 Å². The van der Waals surface area contributed by atoms with E-state index in [0.717, 1.165) is 0 Å². The Morgan fingerprint density at radius 3 is 2.16 bits per heavy atom. The van der Waals surface area contributed by atoms with Gasteiger partial charge in [0, 0.05) is 12.6 Å². The Balaban J connectivity index is 2.97. The maximum atomic E-state index is 11.8. The van der Waals surface area contributed by atoms with Gasteiger partial charge in [-0.1, -0.05) is 0 Å². The van der Waals surface area contributed by atoms with E-state index in [0.29, 0.717) is 5.56 Å². The fourth-order valence-electron chi connectivity index (χ4n) is 1.28. The molecule has 1 rings (SSSR count). The second-order valence-corrected chi connectivity index (χ2v) is 5.50. The third kappa shape index (κ3) is 3.76. The Morgan fingerprint density at radius 2 is 1.74 bits per heavy atom. The molecule has 3 N–H and O–H groups in total. The number of carbonyl (C=O) groups excluding carboxylic acids is 1. The van der Waals surface area contributed by atoms with Gasteiger partial charge in [0.25, 0.3) is 5.91 Å². The summed E-state index contributed by atoms with van der Waals surface area (Å²) >= 11 is 0. The number of amides is 1. The lowest BCUT2D eigenvalue weighted by molar-refractivity contribution is -0.138. The zero-order chi connectivity index (χ0) is 14.6. The third-order valence-corrected chi connectivity index (χ3v) is 3.91. The fourth-order valence-corrected chi connectivity index (χ4v) is 2.48. The highest BCUT2D eigenvalue weighted by molar-refractivity contribution is 7.89. The number of benzene rings is 1. The van der Waals surface area contributed by atoms with Crippen LogP contribution in [0.3, 0.4) is 0 Å². The van der Waals surface area contributed by atoms with Crippen molar-refractivity contribution < 1.29 is 23.1 Å². The molecule has 0 aliphatic heterocycles. The molecular formula is C11H14N2O5S. The van der Waals surface area contributed by atoms with E-state index in [1.165, 1.54) is 38.2 Å². The van der Waals surface area contributed by atoms with Gasteiger partial charge in [-0.15, -0.1) is 0 Å². The van der Waals surface area contributed by atoms with E-state index >= 15 is 0 Å². The van der Waals surface area contributed by atoms with Crippen molar-refractivity contribution in [1.29, 1.82) is 0 Å². The molecule has 1 aromatic rings. The average molecular weight is 286 g/mol. The topological polar surface area (TPSA) is 113 Å². The van der Waals surface area contributed by atoms with E-state index in [4.69, 9.17) is 5.11 Å². The Morgan fingerprint density at radius 1 is 1.21 bits per heavy atom. The van der Waals surface area contributed by atoms with Gasteiger partial charge in [-0.2, -0.15) is 4.72 Å². The summed E-state index contributed by atoms with van der Waals surface area (Å²) < 4.78 is 25.7. The normalized spacial score (nSPS) is 12.7. The number of aliphatic carboxylic acids is 1. The third-order valence-electron chi connectivity index (χ3n) is 2.36. The molecule has 0 aromatic heterocycles. The van der Waals surface area contributed by atoms with Crippen LogP contribution < -0.4 is 10.0 Å². The molecule has 8 heteroatoms. The predicted octanol–water partition coefficient (Wildman–Crippen LogP) is -0.202. The number of hydrogen-bond donors (Lipinski definition) is 3. The van der Waals surface area contributed by atoms with Crippen LogP contribution in [0.2, 0.25) is 0 Å². The second-order valence-electron chi connectivity index (χ2n) is 3.78. The lowest BCUT2D eigenvalue weighted by atomic mass is 10.2. The molecule has 1 atom stereocenters. The Kier molecular flexibility index (Phi) is 4.62. The molecule has 0 radical (unpaired) electrons. The molecule has 0 aliphatic carbocycles. The van der Waals surface area contributed by atoms with Gasteiger partial charge in [0.2, 0.25) is 10.0 Å². The van der Waals surface area contributed by atoms with Gasteiger partial charge < -0.3 is 10.4 Å². The van der Waals surface area contributed by atoms with Crippen molar-refractivity contribution in [2.45, 2.75) is 17.9 Å². The first-order valence-corrected chi connectivity index (χ1v) is 6.83. The summed E-state index contributed by atoms with van der Waals surface area (Å²) in [6, 6.07) is 3.93. The Labute approximate surface area is 110 Å². The van der Waals surface area contributed by atoms with Gasteiger partial charge in [-0.3, -0.25) is 9.59 Å². The summed E-state index contributed by atoms with van der Waals surface area (Å²) in [6.07, 6.45) is 0. The summed E-state index contributed by atoms with van der Waals surface area (Å²) in [7, 11) is -2.45. The van der Waals surface area contributed by atoms with E-state index < -0.39 is 22.0 Å². The van der Waals surface area contributed by atoms with E-state index in [9.17, 15) is 18.0 Å². The largest absolute Gasteiger partial charge is 0.480 e. The number of hydrogen-bond acceptors (Lipinski definition) is 4. The summed E-state index contributed by atoms with van der Waals surface area (Å²) in [4.78, 5) is 21.8. The zero-order valence-electron chi connectivity index (χ0n) is 10.4. The van der Waals surface area contributed by atoms with Gasteiger partial charge in [0.15, 0.2) is 0 Å². The molecule has 0 bridgehead atoms. The molecule has 0 aliphatic rings. The van der Waals surface area contributed by atoms with E-state index in [1.807, 2.05) is 4.72 Å². The molecule has 0 heterocycles. The molecule has 1 aromatic carbocycles. The molecule has 0 saturated heterocycles. The van der Waals surface area contributed by atoms with Crippen LogP contribution in [0.4, 0.5) is 0 Å². The van der Waals surface area contributed by atoms with Gasteiger partial charge >= 0.3 is 5.97 Å². The monoisotopic (exact) mass is 286 g/mol. The minimum Gasteiger partial charge on any atom is -0.480 e. The molecule has 1 amide bonds. The Hall–Kier alpha value is -1.93. The first-order chi connectivity index (χ1) is 8.77. The summed E-state index contributed by atoms with van der Waals surface area (Å²) in [5, 5.41) is 11.1. The molecular weight excluding hydrogens is 272 g/mol. The molecule has 0 fully saturated rings. The first-order valence-electron chi connectivity index (χ1n) is 5.35. The van der Waals surface area contributed by atoms with E-state index in [-0.39, 0.29) is 10.8 Å². The fraction of sp³-hybridized carbons (Fsp3) is 0.273. The summed E-state index contributed by atoms with van der Waals surface area (Å²) in [5.41, 5.74) is 0.313. The van der Waals surface area contributed by atoms with Crippen molar-refractivity contribution in [1.82, 2.24) is 10.0 Å². The number of sulfonamides is 1. The van der Waals surface area contributed by atoms with Crippen molar-refractivity contribution in [3.05, 3.63) is 29.8 Å². The lowest BCUT2D eigenvalue weighted by Crippen LogP contribution is -2.38. The van der Waals surface area contributed by atoms with Crippen LogP contribution in [0.15, 0.2) is 29.2 Å². The van der Waals surface area contributed by atoms with Crippen LogP contribution in [0, 0.1) is 0 Å². The van der Waals surface area contributed by atoms with Gasteiger partial charge in [-0.05, 0) is 31.2 Å². The van der Waals surface area contributed by atoms with E-state index in [1.54, 1.807) is 0 Å². The number of carbonyl (C=O) groups is 2. The molecule has 104 valence electrons. The van der Waals surface area contributed by atoms with Gasteiger partial charge in [0.1, 0.15) is 6.04 Å². The maximum absolute atomic E-state index is 11.8. The summed E-state index contributed by atoms with van der Waals surface area (Å²) in [5.74, 6) is -1.61. The number of carboxylic acid groups (broad SMARTS) is 1. The van der Waals surface area contributed by atoms with Crippen LogP contribution in [0.5, 0.6) is 0 Å². The number of carboxylic acids is 1. The Bertz CT molecular complexity index is 580. The van der Waals surface area contributed by atoms with Crippen molar-refractivity contribution in [3.8, 4) is 0 Å². The standard InChI is InChI=1S/C11H14N2O5S/c1-7(11(15)16)13-19(17,18)9-5-3-8(4-6-9)10(14)12-2/h3-7,13H,1-2H3,(H,12,14)(H,15,16)/t7-/m1/s1. The highest BCUT2D eigenvalue weighted by Crippen LogP contribution is 2.11. The van der Waals surface area contributed by atoms with Crippen LogP contribution in [-0.2, 0) is 14.8 Å².